The Kier molecular flexibility index (Phi) is 8.48. The fourth-order valence-electron chi connectivity index (χ4n) is 4.32. The SMILES string of the molecule is CCCCNC(=O)[C@@H]1[C@H]2C=C[C@@H](C)[C@@H](C(=O)OCC)[C@H]2C(=O)N1CCCCO. The molecule has 7 nitrogen and oxygen atoms in total. The highest BCUT2D eigenvalue weighted by molar-refractivity contribution is 5.96. The van der Waals surface area contributed by atoms with Crippen LogP contribution in [-0.2, 0) is 19.1 Å². The first kappa shape index (κ1) is 22.4. The molecule has 0 aromatic carbocycles. The van der Waals surface area contributed by atoms with Crippen LogP contribution in [-0.4, -0.2) is 60.1 Å². The number of nitrogens with zero attached hydrogens (tertiary/aromatic N) is 1. The molecule has 0 radical (unpaired) electrons. The molecule has 5 atom stereocenters. The minimum absolute atomic E-state index is 0.0463. The summed E-state index contributed by atoms with van der Waals surface area (Å²) < 4.78 is 5.24. The van der Waals surface area contributed by atoms with Gasteiger partial charge in [0.2, 0.25) is 11.8 Å². The van der Waals surface area contributed by atoms with Gasteiger partial charge in [0.05, 0.1) is 18.4 Å². The highest BCUT2D eigenvalue weighted by Crippen LogP contribution is 2.44. The Bertz CT molecular complexity index is 591. The lowest BCUT2D eigenvalue weighted by Crippen LogP contribution is -2.47. The summed E-state index contributed by atoms with van der Waals surface area (Å²) in [5, 5.41) is 12.0. The zero-order chi connectivity index (χ0) is 20.7. The van der Waals surface area contributed by atoms with Crippen molar-refractivity contribution in [2.75, 3.05) is 26.3 Å². The quantitative estimate of drug-likeness (QED) is 0.333. The van der Waals surface area contributed by atoms with Gasteiger partial charge in [-0.1, -0.05) is 32.4 Å². The van der Waals surface area contributed by atoms with Crippen LogP contribution in [0, 0.1) is 23.7 Å². The number of aliphatic hydroxyl groups excluding tert-OH is 1. The molecule has 2 N–H and O–H groups in total. The maximum absolute atomic E-state index is 13.3. The van der Waals surface area contributed by atoms with Gasteiger partial charge >= 0.3 is 5.97 Å². The predicted octanol–water partition coefficient (Wildman–Crippen LogP) is 1.50. The summed E-state index contributed by atoms with van der Waals surface area (Å²) in [5.74, 6) is -2.30. The van der Waals surface area contributed by atoms with E-state index in [1.165, 1.54) is 0 Å². The highest BCUT2D eigenvalue weighted by atomic mass is 16.5. The van der Waals surface area contributed by atoms with Crippen molar-refractivity contribution in [2.24, 2.45) is 23.7 Å². The van der Waals surface area contributed by atoms with Gasteiger partial charge in [-0.25, -0.2) is 0 Å². The van der Waals surface area contributed by atoms with Crippen molar-refractivity contribution in [2.45, 2.75) is 52.5 Å². The molecule has 0 saturated carbocycles. The Morgan fingerprint density at radius 1 is 1.21 bits per heavy atom. The largest absolute Gasteiger partial charge is 0.466 e. The van der Waals surface area contributed by atoms with Crippen molar-refractivity contribution in [1.29, 1.82) is 0 Å². The first-order valence-electron chi connectivity index (χ1n) is 10.5. The third-order valence-electron chi connectivity index (χ3n) is 5.74. The van der Waals surface area contributed by atoms with Crippen molar-refractivity contribution >= 4 is 17.8 Å². The number of hydrogen-bond donors (Lipinski definition) is 2. The van der Waals surface area contributed by atoms with Crippen LogP contribution in [0.15, 0.2) is 12.2 Å². The number of rotatable bonds is 10. The second kappa shape index (κ2) is 10.6. The fraction of sp³-hybridized carbons (Fsp3) is 0.762. The molecule has 0 spiro atoms. The zero-order valence-electron chi connectivity index (χ0n) is 17.2. The minimum Gasteiger partial charge on any atom is -0.466 e. The van der Waals surface area contributed by atoms with Gasteiger partial charge in [-0.15, -0.1) is 0 Å². The summed E-state index contributed by atoms with van der Waals surface area (Å²) in [5.41, 5.74) is 0. The van der Waals surface area contributed by atoms with E-state index in [4.69, 9.17) is 9.84 Å². The van der Waals surface area contributed by atoms with Crippen LogP contribution in [0.1, 0.15) is 46.5 Å². The number of aliphatic hydroxyl groups is 1. The van der Waals surface area contributed by atoms with E-state index < -0.39 is 17.9 Å². The van der Waals surface area contributed by atoms with Gasteiger partial charge in [0.25, 0.3) is 0 Å². The molecule has 158 valence electrons. The van der Waals surface area contributed by atoms with E-state index >= 15 is 0 Å². The minimum atomic E-state index is -0.617. The van der Waals surface area contributed by atoms with Crippen molar-refractivity contribution < 1.29 is 24.2 Å². The lowest BCUT2D eigenvalue weighted by atomic mass is 9.70. The highest BCUT2D eigenvalue weighted by Gasteiger charge is 2.56. The summed E-state index contributed by atoms with van der Waals surface area (Å²) in [6, 6.07) is -0.617. The Morgan fingerprint density at radius 3 is 2.61 bits per heavy atom. The van der Waals surface area contributed by atoms with E-state index in [2.05, 4.69) is 12.2 Å². The number of carbonyl (C=O) groups is 3. The van der Waals surface area contributed by atoms with Gasteiger partial charge in [-0.05, 0) is 32.1 Å². The van der Waals surface area contributed by atoms with Crippen LogP contribution in [0.3, 0.4) is 0 Å². The molecular weight excluding hydrogens is 360 g/mol. The summed E-state index contributed by atoms with van der Waals surface area (Å²) in [4.78, 5) is 40.4. The third-order valence-corrected chi connectivity index (χ3v) is 5.74. The van der Waals surface area contributed by atoms with Gasteiger partial charge in [-0.2, -0.15) is 0 Å². The number of carbonyl (C=O) groups excluding carboxylic acids is 3. The first-order valence-corrected chi connectivity index (χ1v) is 10.5. The first-order chi connectivity index (χ1) is 13.5. The lowest BCUT2D eigenvalue weighted by Gasteiger charge is -2.32. The summed E-state index contributed by atoms with van der Waals surface area (Å²) in [7, 11) is 0. The topological polar surface area (TPSA) is 95.9 Å². The number of amides is 2. The van der Waals surface area contributed by atoms with E-state index in [1.54, 1.807) is 11.8 Å². The van der Waals surface area contributed by atoms with Crippen molar-refractivity contribution in [3.8, 4) is 0 Å². The Balaban J connectivity index is 2.29. The average molecular weight is 395 g/mol. The Labute approximate surface area is 167 Å². The van der Waals surface area contributed by atoms with Crippen LogP contribution in [0.2, 0.25) is 0 Å². The summed E-state index contributed by atoms with van der Waals surface area (Å²) >= 11 is 0. The molecule has 1 saturated heterocycles. The van der Waals surface area contributed by atoms with Crippen LogP contribution in [0.4, 0.5) is 0 Å². The van der Waals surface area contributed by atoms with Gasteiger partial charge in [0.15, 0.2) is 0 Å². The van der Waals surface area contributed by atoms with Gasteiger partial charge < -0.3 is 20.1 Å². The molecule has 0 bridgehead atoms. The molecular formula is C21H34N2O5. The number of esters is 1. The monoisotopic (exact) mass is 394 g/mol. The molecule has 7 heteroatoms. The van der Waals surface area contributed by atoms with Gasteiger partial charge in [0.1, 0.15) is 6.04 Å². The van der Waals surface area contributed by atoms with Crippen LogP contribution >= 0.6 is 0 Å². The zero-order valence-corrected chi connectivity index (χ0v) is 17.2. The Hall–Kier alpha value is -1.89. The molecule has 0 unspecified atom stereocenters. The number of likely N-dealkylation sites (tertiary alicyclic amines) is 1. The molecule has 2 amide bonds. The molecule has 1 heterocycles. The van der Waals surface area contributed by atoms with Crippen LogP contribution < -0.4 is 5.32 Å². The molecule has 1 fully saturated rings. The Morgan fingerprint density at radius 2 is 1.96 bits per heavy atom. The van der Waals surface area contributed by atoms with E-state index in [0.29, 0.717) is 25.9 Å². The van der Waals surface area contributed by atoms with Crippen molar-refractivity contribution in [1.82, 2.24) is 10.2 Å². The number of allylic oxidation sites excluding steroid dienone is 1. The standard InChI is InChI=1S/C21H34N2O5/c1-4-6-11-22-19(25)18-15-10-9-14(3)16(21(27)28-5-2)17(15)20(26)23(18)12-7-8-13-24/h9-10,14-18,24H,4-8,11-13H2,1-3H3,(H,22,25)/t14-,15+,16-,17+,18+/m1/s1. The predicted molar refractivity (Wildman–Crippen MR) is 105 cm³/mol. The summed E-state index contributed by atoms with van der Waals surface area (Å²) in [6.45, 7) is 6.99. The number of fused-ring (bicyclic) bond motifs is 1. The third kappa shape index (κ3) is 4.74. The van der Waals surface area contributed by atoms with Crippen LogP contribution in [0.5, 0.6) is 0 Å². The molecule has 2 rings (SSSR count). The lowest BCUT2D eigenvalue weighted by molar-refractivity contribution is -0.155. The van der Waals surface area contributed by atoms with Gasteiger partial charge in [0, 0.05) is 25.6 Å². The number of unbranched alkanes of at least 4 members (excludes halogenated alkanes) is 2. The molecule has 0 aromatic rings. The number of nitrogens with one attached hydrogen (secondary N) is 1. The number of hydrogen-bond acceptors (Lipinski definition) is 5. The second-order valence-corrected chi connectivity index (χ2v) is 7.68. The maximum Gasteiger partial charge on any atom is 0.310 e. The van der Waals surface area contributed by atoms with Crippen LogP contribution in [0.25, 0.3) is 0 Å². The summed E-state index contributed by atoms with van der Waals surface area (Å²) in [6.07, 6.45) is 6.89. The fourth-order valence-corrected chi connectivity index (χ4v) is 4.32. The van der Waals surface area contributed by atoms with E-state index in [9.17, 15) is 14.4 Å². The number of ether oxygens (including phenoxy) is 1. The van der Waals surface area contributed by atoms with Gasteiger partial charge in [-0.3, -0.25) is 14.4 Å². The maximum atomic E-state index is 13.3. The van der Waals surface area contributed by atoms with E-state index in [0.717, 1.165) is 12.8 Å². The smallest absolute Gasteiger partial charge is 0.310 e. The normalized spacial score (nSPS) is 28.9. The molecule has 2 aliphatic rings. The molecule has 0 aromatic heterocycles. The van der Waals surface area contributed by atoms with E-state index in [1.807, 2.05) is 19.1 Å². The van der Waals surface area contributed by atoms with Crippen molar-refractivity contribution in [3.05, 3.63) is 12.2 Å². The van der Waals surface area contributed by atoms with Crippen molar-refractivity contribution in [3.63, 3.8) is 0 Å². The molecule has 28 heavy (non-hydrogen) atoms. The molecule has 1 aliphatic carbocycles. The second-order valence-electron chi connectivity index (χ2n) is 7.68. The van der Waals surface area contributed by atoms with E-state index in [-0.39, 0.29) is 42.8 Å². The molecule has 1 aliphatic heterocycles. The average Bonchev–Trinajstić information content (AvgIpc) is 2.94.